The number of likely N-dealkylation sites (N-methyl/N-ethyl adjacent to an activating group) is 1. The monoisotopic (exact) mass is 456 g/mol. The van der Waals surface area contributed by atoms with Crippen molar-refractivity contribution < 1.29 is 9.13 Å². The van der Waals surface area contributed by atoms with Gasteiger partial charge in [0, 0.05) is 43.1 Å². The standard InChI is InChI=1S/C26H25FN6O/c1-17-14-18-4-9-22(23(27)21(18)15-17)34-26-24(28-2)25(29-16-30-26)31-19-5-7-20(8-6-19)33-12-10-32(3)11-13-33/h4-9,15-16H,10-14H2,1,3H3,(H,29,30,31). The van der Waals surface area contributed by atoms with E-state index in [9.17, 15) is 0 Å². The van der Waals surface area contributed by atoms with E-state index in [2.05, 4.69) is 49.1 Å². The highest BCUT2D eigenvalue weighted by Crippen LogP contribution is 2.39. The van der Waals surface area contributed by atoms with Gasteiger partial charge in [0.25, 0.3) is 5.69 Å². The number of piperazine rings is 1. The average Bonchev–Trinajstić information content (AvgIpc) is 3.23. The molecule has 0 atom stereocenters. The maximum Gasteiger partial charge on any atom is 0.288 e. The summed E-state index contributed by atoms with van der Waals surface area (Å²) in [5.74, 6) is -0.0857. The van der Waals surface area contributed by atoms with Crippen LogP contribution in [0.5, 0.6) is 11.6 Å². The molecule has 3 aromatic rings. The smallest absolute Gasteiger partial charge is 0.288 e. The van der Waals surface area contributed by atoms with Crippen LogP contribution in [0, 0.1) is 12.4 Å². The minimum atomic E-state index is -0.446. The molecule has 1 aliphatic heterocycles. The summed E-state index contributed by atoms with van der Waals surface area (Å²) in [5.41, 5.74) is 4.60. The summed E-state index contributed by atoms with van der Waals surface area (Å²) in [4.78, 5) is 16.6. The van der Waals surface area contributed by atoms with Crippen molar-refractivity contribution in [1.29, 1.82) is 0 Å². The molecular formula is C26H25FN6O. The number of nitrogens with zero attached hydrogens (tertiary/aromatic N) is 5. The normalized spacial score (nSPS) is 15.5. The van der Waals surface area contributed by atoms with E-state index in [4.69, 9.17) is 11.3 Å². The molecule has 0 spiro atoms. The lowest BCUT2D eigenvalue weighted by Crippen LogP contribution is -2.44. The molecule has 0 unspecified atom stereocenters. The van der Waals surface area contributed by atoms with Gasteiger partial charge in [-0.3, -0.25) is 0 Å². The molecule has 0 amide bonds. The number of ether oxygens (including phenoxy) is 1. The quantitative estimate of drug-likeness (QED) is 0.518. The minimum Gasteiger partial charge on any atom is -0.446 e. The molecule has 1 saturated heterocycles. The Balaban J connectivity index is 1.36. The lowest BCUT2D eigenvalue weighted by Gasteiger charge is -2.34. The van der Waals surface area contributed by atoms with Crippen LogP contribution in [0.4, 0.5) is 27.3 Å². The lowest BCUT2D eigenvalue weighted by atomic mass is 10.1. The number of anilines is 3. The molecule has 1 fully saturated rings. The molecule has 1 aliphatic carbocycles. The summed E-state index contributed by atoms with van der Waals surface area (Å²) >= 11 is 0. The maximum atomic E-state index is 15.0. The summed E-state index contributed by atoms with van der Waals surface area (Å²) in [6.07, 6.45) is 3.86. The van der Waals surface area contributed by atoms with Crippen molar-refractivity contribution in [3.8, 4) is 11.6 Å². The van der Waals surface area contributed by atoms with Gasteiger partial charge in [0.05, 0.1) is 6.57 Å². The van der Waals surface area contributed by atoms with Crippen molar-refractivity contribution in [2.45, 2.75) is 13.3 Å². The van der Waals surface area contributed by atoms with Crippen LogP contribution < -0.4 is 15.0 Å². The molecule has 2 aliphatic rings. The Bertz CT molecular complexity index is 1290. The Labute approximate surface area is 198 Å². The van der Waals surface area contributed by atoms with Crippen molar-refractivity contribution in [2.24, 2.45) is 0 Å². The topological polar surface area (TPSA) is 57.9 Å². The number of nitrogens with one attached hydrogen (secondary N) is 1. The van der Waals surface area contributed by atoms with Crippen LogP contribution >= 0.6 is 0 Å². The molecule has 1 aromatic heterocycles. The second kappa shape index (κ2) is 9.12. The summed E-state index contributed by atoms with van der Waals surface area (Å²) in [5, 5.41) is 3.17. The van der Waals surface area contributed by atoms with Gasteiger partial charge in [-0.15, -0.1) is 0 Å². The Morgan fingerprint density at radius 2 is 1.82 bits per heavy atom. The summed E-state index contributed by atoms with van der Waals surface area (Å²) in [6, 6.07) is 11.5. The van der Waals surface area contributed by atoms with Gasteiger partial charge in [0.1, 0.15) is 12.1 Å². The number of allylic oxidation sites excluding steroid dienone is 1. The molecule has 2 aromatic carbocycles. The molecule has 172 valence electrons. The van der Waals surface area contributed by atoms with Gasteiger partial charge >= 0.3 is 0 Å². The molecule has 8 heteroatoms. The Hall–Kier alpha value is -3.96. The van der Waals surface area contributed by atoms with Crippen LogP contribution in [0.25, 0.3) is 10.9 Å². The van der Waals surface area contributed by atoms with E-state index < -0.39 is 5.82 Å². The Kier molecular flexibility index (Phi) is 5.86. The van der Waals surface area contributed by atoms with Crippen molar-refractivity contribution in [2.75, 3.05) is 43.4 Å². The van der Waals surface area contributed by atoms with Crippen molar-refractivity contribution >= 4 is 29.0 Å². The van der Waals surface area contributed by atoms with Gasteiger partial charge in [-0.25, -0.2) is 19.2 Å². The molecule has 7 nitrogen and oxygen atoms in total. The fraction of sp³-hybridized carbons (Fsp3) is 0.269. The summed E-state index contributed by atoms with van der Waals surface area (Å²) < 4.78 is 20.8. The second-order valence-corrected chi connectivity index (χ2v) is 8.67. The van der Waals surface area contributed by atoms with Crippen LogP contribution in [0.2, 0.25) is 0 Å². The van der Waals surface area contributed by atoms with Gasteiger partial charge in [-0.1, -0.05) is 17.7 Å². The van der Waals surface area contributed by atoms with Crippen molar-refractivity contribution in [1.82, 2.24) is 14.9 Å². The van der Waals surface area contributed by atoms with Gasteiger partial charge in [-0.2, -0.15) is 0 Å². The first-order valence-corrected chi connectivity index (χ1v) is 11.2. The van der Waals surface area contributed by atoms with E-state index in [1.165, 1.54) is 6.33 Å². The number of hydrogen-bond donors (Lipinski definition) is 1. The predicted octanol–water partition coefficient (Wildman–Crippen LogP) is 5.41. The SMILES string of the molecule is [C-]#[N+]c1c(Nc2ccc(N3CCN(C)CC3)cc2)ncnc1Oc1ccc2c(c1F)C=C(C)C2. The van der Waals surface area contributed by atoms with E-state index in [0.717, 1.165) is 55.1 Å². The summed E-state index contributed by atoms with van der Waals surface area (Å²) in [7, 11) is 2.13. The second-order valence-electron chi connectivity index (χ2n) is 8.67. The van der Waals surface area contributed by atoms with E-state index in [0.29, 0.717) is 11.4 Å². The number of aromatic nitrogens is 2. The highest BCUT2D eigenvalue weighted by Gasteiger charge is 2.21. The van der Waals surface area contributed by atoms with Crippen LogP contribution in [0.15, 0.2) is 48.3 Å². The predicted molar refractivity (Wildman–Crippen MR) is 132 cm³/mol. The Morgan fingerprint density at radius 3 is 2.56 bits per heavy atom. The van der Waals surface area contributed by atoms with Gasteiger partial charge < -0.3 is 19.9 Å². The largest absolute Gasteiger partial charge is 0.446 e. The third-order valence-corrected chi connectivity index (χ3v) is 6.20. The zero-order valence-electron chi connectivity index (χ0n) is 19.2. The maximum absolute atomic E-state index is 15.0. The van der Waals surface area contributed by atoms with Crippen LogP contribution in [0.1, 0.15) is 18.1 Å². The number of hydrogen-bond acceptors (Lipinski definition) is 6. The van der Waals surface area contributed by atoms with E-state index in [-0.39, 0.29) is 17.3 Å². The molecule has 34 heavy (non-hydrogen) atoms. The zero-order chi connectivity index (χ0) is 23.7. The molecule has 2 heterocycles. The zero-order valence-corrected chi connectivity index (χ0v) is 19.2. The van der Waals surface area contributed by atoms with Crippen molar-refractivity contribution in [3.05, 3.63) is 76.7 Å². The third-order valence-electron chi connectivity index (χ3n) is 6.20. The third kappa shape index (κ3) is 4.30. The van der Waals surface area contributed by atoms with Crippen LogP contribution in [0.3, 0.4) is 0 Å². The molecule has 5 rings (SSSR count). The Morgan fingerprint density at radius 1 is 1.06 bits per heavy atom. The number of rotatable bonds is 5. The fourth-order valence-electron chi connectivity index (χ4n) is 4.29. The van der Waals surface area contributed by atoms with Crippen molar-refractivity contribution in [3.63, 3.8) is 0 Å². The average molecular weight is 457 g/mol. The number of benzene rings is 2. The fourth-order valence-corrected chi connectivity index (χ4v) is 4.29. The van der Waals surface area contributed by atoms with E-state index in [1.54, 1.807) is 6.07 Å². The highest BCUT2D eigenvalue weighted by atomic mass is 19.1. The summed E-state index contributed by atoms with van der Waals surface area (Å²) in [6.45, 7) is 13.7. The first-order valence-electron chi connectivity index (χ1n) is 11.2. The van der Waals surface area contributed by atoms with Gasteiger partial charge in [-0.05, 0) is 56.3 Å². The van der Waals surface area contributed by atoms with Crippen LogP contribution in [-0.2, 0) is 6.42 Å². The molecule has 0 saturated carbocycles. The molecule has 0 bridgehead atoms. The van der Waals surface area contributed by atoms with Gasteiger partial charge in [0.15, 0.2) is 11.6 Å². The van der Waals surface area contributed by atoms with E-state index in [1.807, 2.05) is 31.2 Å². The minimum absolute atomic E-state index is 0.0131. The van der Waals surface area contributed by atoms with Crippen LogP contribution in [-0.4, -0.2) is 48.1 Å². The molecule has 0 radical (unpaired) electrons. The number of fused-ring (bicyclic) bond motifs is 1. The lowest BCUT2D eigenvalue weighted by molar-refractivity contribution is 0.313. The van der Waals surface area contributed by atoms with Gasteiger partial charge in [0.2, 0.25) is 5.88 Å². The molecule has 1 N–H and O–H groups in total. The molecular weight excluding hydrogens is 431 g/mol. The highest BCUT2D eigenvalue weighted by molar-refractivity contribution is 5.76. The van der Waals surface area contributed by atoms with E-state index >= 15 is 4.39 Å². The first kappa shape index (κ1) is 21.9. The first-order chi connectivity index (χ1) is 16.5. The number of halogens is 1.